The lowest BCUT2D eigenvalue weighted by molar-refractivity contribution is 0.628. The Morgan fingerprint density at radius 3 is 1.85 bits per heavy atom. The van der Waals surface area contributed by atoms with E-state index in [0.717, 1.165) is 17.5 Å². The van der Waals surface area contributed by atoms with Gasteiger partial charge in [0.25, 0.3) is 0 Å². The maximum Gasteiger partial charge on any atom is 0.123 e. The molecule has 0 saturated carbocycles. The first-order chi connectivity index (χ1) is 9.44. The molecule has 104 valence electrons. The van der Waals surface area contributed by atoms with Gasteiger partial charge < -0.3 is 0 Å². The smallest absolute Gasteiger partial charge is 0.123 e. The van der Waals surface area contributed by atoms with Gasteiger partial charge in [0, 0.05) is 0 Å². The van der Waals surface area contributed by atoms with Crippen LogP contribution in [0.5, 0.6) is 0 Å². The van der Waals surface area contributed by atoms with Gasteiger partial charge in [0.15, 0.2) is 0 Å². The lowest BCUT2D eigenvalue weighted by Crippen LogP contribution is -2.15. The van der Waals surface area contributed by atoms with E-state index in [0.29, 0.717) is 0 Å². The summed E-state index contributed by atoms with van der Waals surface area (Å²) in [6, 6.07) is 15.1. The Morgan fingerprint density at radius 2 is 1.35 bits per heavy atom. The summed E-state index contributed by atoms with van der Waals surface area (Å²) in [5, 5.41) is 0. The maximum absolute atomic E-state index is 12.9. The summed E-state index contributed by atoms with van der Waals surface area (Å²) in [5.41, 5.74) is 5.87. The topological polar surface area (TPSA) is 0 Å². The Labute approximate surface area is 122 Å². The van der Waals surface area contributed by atoms with Gasteiger partial charge in [0.05, 0.1) is 8.07 Å². The summed E-state index contributed by atoms with van der Waals surface area (Å²) in [7, 11) is -1.10. The minimum atomic E-state index is -1.10. The van der Waals surface area contributed by atoms with E-state index in [1.807, 2.05) is 12.1 Å². The molecule has 0 aliphatic heterocycles. The molecule has 0 bridgehead atoms. The number of benzene rings is 2. The summed E-state index contributed by atoms with van der Waals surface area (Å²) >= 11 is 0. The highest BCUT2D eigenvalue weighted by Crippen LogP contribution is 2.20. The van der Waals surface area contributed by atoms with E-state index in [9.17, 15) is 4.39 Å². The molecule has 0 spiro atoms. The van der Waals surface area contributed by atoms with Gasteiger partial charge in [-0.3, -0.25) is 0 Å². The zero-order valence-electron chi connectivity index (χ0n) is 12.4. The average molecular weight is 284 g/mol. The molecule has 0 N–H and O–H groups in total. The molecule has 0 aliphatic carbocycles. The molecule has 0 saturated heterocycles. The van der Waals surface area contributed by atoms with Gasteiger partial charge in [-0.1, -0.05) is 67.8 Å². The average Bonchev–Trinajstić information content (AvgIpc) is 2.39. The van der Waals surface area contributed by atoms with Crippen LogP contribution in [0.3, 0.4) is 0 Å². The van der Waals surface area contributed by atoms with Crippen LogP contribution >= 0.6 is 0 Å². The van der Waals surface area contributed by atoms with Gasteiger partial charge in [-0.25, -0.2) is 4.39 Å². The van der Waals surface area contributed by atoms with Crippen LogP contribution in [0.25, 0.3) is 11.1 Å². The lowest BCUT2D eigenvalue weighted by Gasteiger charge is -2.08. The number of allylic oxidation sites excluding steroid dienone is 1. The van der Waals surface area contributed by atoms with Crippen molar-refractivity contribution in [1.82, 2.24) is 0 Å². The van der Waals surface area contributed by atoms with E-state index in [1.165, 1.54) is 17.7 Å². The Morgan fingerprint density at radius 1 is 0.850 bits per heavy atom. The van der Waals surface area contributed by atoms with Crippen molar-refractivity contribution in [3.05, 3.63) is 71.7 Å². The molecule has 0 nitrogen and oxygen atoms in total. The first-order valence-electron chi connectivity index (χ1n) is 6.97. The zero-order chi connectivity index (χ0) is 14.6. The quantitative estimate of drug-likeness (QED) is 0.653. The molecule has 2 heteroatoms. The van der Waals surface area contributed by atoms with Gasteiger partial charge in [-0.05, 0) is 35.2 Å². The summed E-state index contributed by atoms with van der Waals surface area (Å²) in [6.45, 7) is 7.00. The minimum Gasteiger partial charge on any atom is -0.207 e. The van der Waals surface area contributed by atoms with Gasteiger partial charge in [0.1, 0.15) is 5.82 Å². The predicted octanol–water partition coefficient (Wildman–Crippen LogP) is 5.47. The highest BCUT2D eigenvalue weighted by Gasteiger charge is 2.06. The second kappa shape index (κ2) is 6.19. The Kier molecular flexibility index (Phi) is 4.56. The molecule has 0 unspecified atom stereocenters. The molecule has 0 amide bonds. The third-order valence-corrected chi connectivity index (χ3v) is 4.34. The normalized spacial score (nSPS) is 12.0. The first-order valence-corrected chi connectivity index (χ1v) is 10.5. The standard InChI is InChI=1S/C18H21FSi/c1-20(2,3)14-4-5-15-6-8-16(9-7-15)17-10-12-18(19)13-11-17/h4,6-14H,5H2,1-3H3/b14-4+. The van der Waals surface area contributed by atoms with Crippen LogP contribution in [-0.2, 0) is 6.42 Å². The molecular formula is C18H21FSi. The second-order valence-corrected chi connectivity index (χ2v) is 11.2. The predicted molar refractivity (Wildman–Crippen MR) is 88.0 cm³/mol. The van der Waals surface area contributed by atoms with Gasteiger partial charge in [-0.15, -0.1) is 0 Å². The molecule has 0 aromatic heterocycles. The minimum absolute atomic E-state index is 0.193. The highest BCUT2D eigenvalue weighted by atomic mass is 28.3. The van der Waals surface area contributed by atoms with Crippen molar-refractivity contribution >= 4 is 8.07 Å². The fraction of sp³-hybridized carbons (Fsp3) is 0.222. The number of hydrogen-bond acceptors (Lipinski definition) is 0. The molecule has 20 heavy (non-hydrogen) atoms. The van der Waals surface area contributed by atoms with E-state index >= 15 is 0 Å². The summed E-state index contributed by atoms with van der Waals surface area (Å²) in [4.78, 5) is 0. The molecule has 0 radical (unpaired) electrons. The zero-order valence-corrected chi connectivity index (χ0v) is 13.4. The van der Waals surface area contributed by atoms with Crippen LogP contribution in [0.2, 0.25) is 19.6 Å². The molecule has 0 aliphatic rings. The van der Waals surface area contributed by atoms with Crippen LogP contribution in [-0.4, -0.2) is 8.07 Å². The fourth-order valence-corrected chi connectivity index (χ4v) is 2.85. The summed E-state index contributed by atoms with van der Waals surface area (Å²) in [6.07, 6.45) is 3.26. The van der Waals surface area contributed by atoms with E-state index in [4.69, 9.17) is 0 Å². The SMILES string of the molecule is C[Si](C)(C)/C=C/Cc1ccc(-c2ccc(F)cc2)cc1. The van der Waals surface area contributed by atoms with Gasteiger partial charge in [-0.2, -0.15) is 0 Å². The van der Waals surface area contributed by atoms with Crippen molar-refractivity contribution in [1.29, 1.82) is 0 Å². The highest BCUT2D eigenvalue weighted by molar-refractivity contribution is 6.80. The van der Waals surface area contributed by atoms with Gasteiger partial charge >= 0.3 is 0 Å². The third kappa shape index (κ3) is 4.46. The molecule has 2 aromatic rings. The Bertz CT molecular complexity index is 574. The lowest BCUT2D eigenvalue weighted by atomic mass is 10.0. The van der Waals surface area contributed by atoms with Crippen molar-refractivity contribution in [3.8, 4) is 11.1 Å². The molecule has 0 heterocycles. The van der Waals surface area contributed by atoms with Crippen molar-refractivity contribution in [2.75, 3.05) is 0 Å². The van der Waals surface area contributed by atoms with Crippen molar-refractivity contribution in [2.24, 2.45) is 0 Å². The molecular weight excluding hydrogens is 263 g/mol. The van der Waals surface area contributed by atoms with Crippen LogP contribution in [0.15, 0.2) is 60.3 Å². The number of rotatable bonds is 4. The van der Waals surface area contributed by atoms with E-state index in [2.05, 4.69) is 55.7 Å². The Hall–Kier alpha value is -1.67. The fourth-order valence-electron chi connectivity index (χ4n) is 2.02. The van der Waals surface area contributed by atoms with Crippen molar-refractivity contribution in [3.63, 3.8) is 0 Å². The molecule has 0 atom stereocenters. The molecule has 2 aromatic carbocycles. The summed E-state index contributed by atoms with van der Waals surface area (Å²) < 4.78 is 12.9. The third-order valence-electron chi connectivity index (χ3n) is 3.10. The van der Waals surface area contributed by atoms with Crippen molar-refractivity contribution in [2.45, 2.75) is 26.1 Å². The maximum atomic E-state index is 12.9. The van der Waals surface area contributed by atoms with Crippen molar-refractivity contribution < 1.29 is 4.39 Å². The second-order valence-electron chi connectivity index (χ2n) is 6.18. The van der Waals surface area contributed by atoms with Crippen LogP contribution in [0.4, 0.5) is 4.39 Å². The van der Waals surface area contributed by atoms with Crippen LogP contribution < -0.4 is 0 Å². The van der Waals surface area contributed by atoms with Crippen LogP contribution in [0, 0.1) is 5.82 Å². The van der Waals surface area contributed by atoms with E-state index in [-0.39, 0.29) is 5.82 Å². The first kappa shape index (κ1) is 14.7. The van der Waals surface area contributed by atoms with E-state index in [1.54, 1.807) is 0 Å². The molecule has 0 fully saturated rings. The van der Waals surface area contributed by atoms with Gasteiger partial charge in [0.2, 0.25) is 0 Å². The van der Waals surface area contributed by atoms with Crippen LogP contribution in [0.1, 0.15) is 5.56 Å². The monoisotopic (exact) mass is 284 g/mol. The molecule has 2 rings (SSSR count). The number of halogens is 1. The Balaban J connectivity index is 2.07. The van der Waals surface area contributed by atoms with E-state index < -0.39 is 8.07 Å². The largest absolute Gasteiger partial charge is 0.207 e. The number of hydrogen-bond donors (Lipinski definition) is 0. The summed E-state index contributed by atoms with van der Waals surface area (Å²) in [5.74, 6) is -0.193.